The van der Waals surface area contributed by atoms with E-state index in [2.05, 4.69) is 24.4 Å². The molecule has 0 aliphatic heterocycles. The molecule has 28 heavy (non-hydrogen) atoms. The molecule has 3 rings (SSSR count). The summed E-state index contributed by atoms with van der Waals surface area (Å²) in [5, 5.41) is 2.83. The monoisotopic (exact) mass is 375 g/mol. The lowest BCUT2D eigenvalue weighted by Crippen LogP contribution is -2.20. The van der Waals surface area contributed by atoms with Crippen molar-refractivity contribution >= 4 is 11.6 Å². The summed E-state index contributed by atoms with van der Waals surface area (Å²) in [6.45, 7) is 2.67. The van der Waals surface area contributed by atoms with E-state index in [4.69, 9.17) is 9.47 Å². The Morgan fingerprint density at radius 2 is 1.57 bits per heavy atom. The molecule has 4 nitrogen and oxygen atoms in total. The number of carbonyl (C=O) groups excluding carboxylic acids is 1. The van der Waals surface area contributed by atoms with Crippen molar-refractivity contribution in [1.29, 1.82) is 0 Å². The normalized spacial score (nSPS) is 10.3. The first-order valence-electron chi connectivity index (χ1n) is 9.51. The molecule has 0 fully saturated rings. The number of ether oxygens (including phenoxy) is 2. The molecule has 0 saturated heterocycles. The largest absolute Gasteiger partial charge is 0.493 e. The molecule has 0 aromatic heterocycles. The van der Waals surface area contributed by atoms with Gasteiger partial charge in [-0.15, -0.1) is 0 Å². The van der Waals surface area contributed by atoms with Crippen LogP contribution in [0, 0.1) is 0 Å². The number of carbonyl (C=O) groups is 1. The number of benzene rings is 3. The Kier molecular flexibility index (Phi) is 7.08. The second-order valence-corrected chi connectivity index (χ2v) is 6.45. The zero-order chi connectivity index (χ0) is 19.6. The van der Waals surface area contributed by atoms with E-state index in [0.717, 1.165) is 18.6 Å². The molecule has 1 N–H and O–H groups in total. The minimum absolute atomic E-state index is 0.0253. The first-order valence-corrected chi connectivity index (χ1v) is 9.51. The maximum Gasteiger partial charge on any atom is 0.262 e. The Morgan fingerprint density at radius 1 is 0.821 bits per heavy atom. The van der Waals surface area contributed by atoms with Crippen molar-refractivity contribution in [1.82, 2.24) is 0 Å². The van der Waals surface area contributed by atoms with Gasteiger partial charge in [-0.25, -0.2) is 0 Å². The predicted molar refractivity (Wildman–Crippen MR) is 112 cm³/mol. The van der Waals surface area contributed by atoms with Gasteiger partial charge in [0.25, 0.3) is 5.91 Å². The van der Waals surface area contributed by atoms with Gasteiger partial charge in [0.05, 0.1) is 6.61 Å². The summed E-state index contributed by atoms with van der Waals surface area (Å²) < 4.78 is 11.3. The van der Waals surface area contributed by atoms with Crippen LogP contribution in [0.1, 0.15) is 18.1 Å². The Hall–Kier alpha value is -3.27. The van der Waals surface area contributed by atoms with Gasteiger partial charge in [-0.1, -0.05) is 49.4 Å². The van der Waals surface area contributed by atoms with Crippen molar-refractivity contribution in [3.63, 3.8) is 0 Å². The molecular weight excluding hydrogens is 350 g/mol. The summed E-state index contributed by atoms with van der Waals surface area (Å²) in [5.41, 5.74) is 3.14. The summed E-state index contributed by atoms with van der Waals surface area (Å²) in [7, 11) is 0. The Labute approximate surface area is 166 Å². The van der Waals surface area contributed by atoms with Crippen molar-refractivity contribution in [2.45, 2.75) is 19.8 Å². The van der Waals surface area contributed by atoms with Gasteiger partial charge in [0.2, 0.25) is 0 Å². The van der Waals surface area contributed by atoms with Crippen LogP contribution in [0.15, 0.2) is 78.9 Å². The van der Waals surface area contributed by atoms with Crippen LogP contribution < -0.4 is 14.8 Å². The molecule has 0 heterocycles. The summed E-state index contributed by atoms with van der Waals surface area (Å²) >= 11 is 0. The van der Waals surface area contributed by atoms with Crippen LogP contribution in [0.3, 0.4) is 0 Å². The van der Waals surface area contributed by atoms with Gasteiger partial charge in [0.15, 0.2) is 6.61 Å². The molecule has 3 aromatic carbocycles. The highest BCUT2D eigenvalue weighted by atomic mass is 16.5. The van der Waals surface area contributed by atoms with Gasteiger partial charge < -0.3 is 14.8 Å². The van der Waals surface area contributed by atoms with Gasteiger partial charge >= 0.3 is 0 Å². The van der Waals surface area contributed by atoms with Crippen LogP contribution >= 0.6 is 0 Å². The number of aryl methyl sites for hydroxylation is 1. The van der Waals surface area contributed by atoms with Crippen molar-refractivity contribution in [2.75, 3.05) is 18.5 Å². The fourth-order valence-corrected chi connectivity index (χ4v) is 2.77. The molecule has 0 unspecified atom stereocenters. The third-order valence-corrected chi connectivity index (χ3v) is 4.32. The predicted octanol–water partition coefficient (Wildman–Crippen LogP) is 4.89. The number of rotatable bonds is 9. The van der Waals surface area contributed by atoms with E-state index in [-0.39, 0.29) is 12.5 Å². The van der Waals surface area contributed by atoms with Crippen molar-refractivity contribution in [3.8, 4) is 11.5 Å². The summed E-state index contributed by atoms with van der Waals surface area (Å²) in [5.74, 6) is 1.29. The van der Waals surface area contributed by atoms with Crippen LogP contribution in [-0.2, 0) is 17.6 Å². The number of hydrogen-bond acceptors (Lipinski definition) is 3. The highest BCUT2D eigenvalue weighted by Crippen LogP contribution is 2.17. The number of anilines is 1. The fraction of sp³-hybridized carbons (Fsp3) is 0.208. The van der Waals surface area contributed by atoms with Crippen molar-refractivity contribution in [2.24, 2.45) is 0 Å². The highest BCUT2D eigenvalue weighted by Gasteiger charge is 2.05. The molecule has 1 amide bonds. The minimum atomic E-state index is -0.195. The number of amides is 1. The standard InChI is InChI=1S/C24H25NO3/c1-2-19-9-6-10-23(17-19)28-18-24(26)25-21-11-13-22(14-12-21)27-16-15-20-7-4-3-5-8-20/h3-14,17H,2,15-16,18H2,1H3,(H,25,26). The van der Waals surface area contributed by atoms with E-state index in [1.165, 1.54) is 11.1 Å². The molecule has 0 aliphatic rings. The molecule has 0 aliphatic carbocycles. The van der Waals surface area contributed by atoms with Crippen molar-refractivity contribution in [3.05, 3.63) is 90.0 Å². The van der Waals surface area contributed by atoms with E-state index in [9.17, 15) is 4.79 Å². The van der Waals surface area contributed by atoms with Crippen LogP contribution in [0.4, 0.5) is 5.69 Å². The fourth-order valence-electron chi connectivity index (χ4n) is 2.77. The second-order valence-electron chi connectivity index (χ2n) is 6.45. The molecule has 0 atom stereocenters. The van der Waals surface area contributed by atoms with Gasteiger partial charge in [0, 0.05) is 12.1 Å². The molecule has 0 bridgehead atoms. The van der Waals surface area contributed by atoms with E-state index >= 15 is 0 Å². The van der Waals surface area contributed by atoms with Crippen LogP contribution in [-0.4, -0.2) is 19.1 Å². The lowest BCUT2D eigenvalue weighted by atomic mass is 10.2. The van der Waals surface area contributed by atoms with Crippen LogP contribution in [0.2, 0.25) is 0 Å². The molecule has 0 spiro atoms. The molecule has 144 valence electrons. The van der Waals surface area contributed by atoms with E-state index in [0.29, 0.717) is 18.0 Å². The lowest BCUT2D eigenvalue weighted by Gasteiger charge is -2.10. The topological polar surface area (TPSA) is 47.6 Å². The Bertz CT molecular complexity index is 876. The molecule has 0 radical (unpaired) electrons. The molecule has 0 saturated carbocycles. The Balaban J connectivity index is 1.42. The molecule has 3 aromatic rings. The summed E-state index contributed by atoms with van der Waals surface area (Å²) in [6.07, 6.45) is 1.79. The van der Waals surface area contributed by atoms with Gasteiger partial charge in [-0.2, -0.15) is 0 Å². The SMILES string of the molecule is CCc1cccc(OCC(=O)Nc2ccc(OCCc3ccccc3)cc2)c1. The summed E-state index contributed by atoms with van der Waals surface area (Å²) in [6, 6.07) is 25.4. The Morgan fingerprint density at radius 3 is 2.32 bits per heavy atom. The lowest BCUT2D eigenvalue weighted by molar-refractivity contribution is -0.118. The average Bonchev–Trinajstić information content (AvgIpc) is 2.74. The molecular formula is C24H25NO3. The third kappa shape index (κ3) is 6.16. The zero-order valence-electron chi connectivity index (χ0n) is 16.1. The van der Waals surface area contributed by atoms with Crippen molar-refractivity contribution < 1.29 is 14.3 Å². The maximum absolute atomic E-state index is 12.1. The van der Waals surface area contributed by atoms with Crippen LogP contribution in [0.5, 0.6) is 11.5 Å². The zero-order valence-corrected chi connectivity index (χ0v) is 16.1. The maximum atomic E-state index is 12.1. The third-order valence-electron chi connectivity index (χ3n) is 4.32. The first-order chi connectivity index (χ1) is 13.7. The van der Waals surface area contributed by atoms with Crippen LogP contribution in [0.25, 0.3) is 0 Å². The molecule has 4 heteroatoms. The second kappa shape index (κ2) is 10.2. The summed E-state index contributed by atoms with van der Waals surface area (Å²) in [4.78, 5) is 12.1. The van der Waals surface area contributed by atoms with E-state index in [1.807, 2.05) is 66.7 Å². The minimum Gasteiger partial charge on any atom is -0.493 e. The first kappa shape index (κ1) is 19.5. The highest BCUT2D eigenvalue weighted by molar-refractivity contribution is 5.91. The number of hydrogen-bond donors (Lipinski definition) is 1. The number of nitrogens with one attached hydrogen (secondary N) is 1. The average molecular weight is 375 g/mol. The quantitative estimate of drug-likeness (QED) is 0.579. The van der Waals surface area contributed by atoms with E-state index in [1.54, 1.807) is 0 Å². The smallest absolute Gasteiger partial charge is 0.262 e. The van der Waals surface area contributed by atoms with Gasteiger partial charge in [-0.3, -0.25) is 4.79 Å². The van der Waals surface area contributed by atoms with E-state index < -0.39 is 0 Å². The van der Waals surface area contributed by atoms with Gasteiger partial charge in [0.1, 0.15) is 11.5 Å². The van der Waals surface area contributed by atoms with Gasteiger partial charge in [-0.05, 0) is 53.9 Å².